The molecule has 1 heterocycles. The van der Waals surface area contributed by atoms with Crippen molar-refractivity contribution in [2.45, 2.75) is 6.10 Å². The van der Waals surface area contributed by atoms with E-state index in [4.69, 9.17) is 9.47 Å². The Balaban J connectivity index is 1.78. The van der Waals surface area contributed by atoms with Crippen LogP contribution in [0, 0.1) is 5.82 Å². The van der Waals surface area contributed by atoms with Crippen LogP contribution in [0.5, 0.6) is 5.75 Å². The lowest BCUT2D eigenvalue weighted by molar-refractivity contribution is 0.0373. The predicted molar refractivity (Wildman–Crippen MR) is 108 cm³/mol. The van der Waals surface area contributed by atoms with E-state index in [0.29, 0.717) is 11.4 Å². The molecule has 0 amide bonds. The molecule has 0 radical (unpaired) electrons. The second-order valence-corrected chi connectivity index (χ2v) is 6.48. The van der Waals surface area contributed by atoms with Crippen molar-refractivity contribution < 1.29 is 18.7 Å². The highest BCUT2D eigenvalue weighted by Crippen LogP contribution is 2.32. The van der Waals surface area contributed by atoms with Gasteiger partial charge in [0.2, 0.25) is 0 Å². The molecule has 4 nitrogen and oxygen atoms in total. The van der Waals surface area contributed by atoms with Crippen molar-refractivity contribution in [3.63, 3.8) is 0 Å². The Bertz CT molecular complexity index is 1140. The average Bonchev–Trinajstić information content (AvgIpc) is 2.77. The highest BCUT2D eigenvalue weighted by Gasteiger charge is 2.23. The Morgan fingerprint density at radius 3 is 2.38 bits per heavy atom. The molecule has 0 saturated carbocycles. The summed E-state index contributed by atoms with van der Waals surface area (Å²) in [6, 6.07) is 22.2. The fourth-order valence-corrected chi connectivity index (χ4v) is 3.17. The molecule has 3 aromatic carbocycles. The first kappa shape index (κ1) is 18.6. The maximum absolute atomic E-state index is 13.2. The van der Waals surface area contributed by atoms with Crippen LogP contribution in [0.4, 0.5) is 4.39 Å². The van der Waals surface area contributed by atoms with Crippen LogP contribution < -0.4 is 4.74 Å². The number of nitrogens with zero attached hydrogens (tertiary/aromatic N) is 1. The number of fused-ring (bicyclic) bond motifs is 1. The molecule has 4 rings (SSSR count). The fourth-order valence-electron chi connectivity index (χ4n) is 3.17. The molecule has 0 saturated heterocycles. The van der Waals surface area contributed by atoms with E-state index in [1.54, 1.807) is 25.4 Å². The van der Waals surface area contributed by atoms with E-state index in [-0.39, 0.29) is 5.56 Å². The predicted octanol–water partition coefficient (Wildman–Crippen LogP) is 5.33. The van der Waals surface area contributed by atoms with Crippen LogP contribution in [0.1, 0.15) is 27.7 Å². The highest BCUT2D eigenvalue weighted by molar-refractivity contribution is 5.90. The first-order valence-corrected chi connectivity index (χ1v) is 9.10. The lowest BCUT2D eigenvalue weighted by atomic mass is 10.0. The minimum absolute atomic E-state index is 0.269. The average molecular weight is 387 g/mol. The summed E-state index contributed by atoms with van der Waals surface area (Å²) in [6.45, 7) is 0. The van der Waals surface area contributed by atoms with Crippen LogP contribution in [-0.4, -0.2) is 18.1 Å². The minimum atomic E-state index is -0.732. The molecule has 1 aromatic heterocycles. The number of methoxy groups -OCH3 is 1. The van der Waals surface area contributed by atoms with Gasteiger partial charge in [-0.25, -0.2) is 9.18 Å². The summed E-state index contributed by atoms with van der Waals surface area (Å²) in [5.74, 6) is -0.271. The van der Waals surface area contributed by atoms with E-state index >= 15 is 0 Å². The molecule has 1 unspecified atom stereocenters. The van der Waals surface area contributed by atoms with Crippen LogP contribution in [0.15, 0.2) is 85.1 Å². The van der Waals surface area contributed by atoms with Crippen LogP contribution in [-0.2, 0) is 4.74 Å². The monoisotopic (exact) mass is 387 g/mol. The van der Waals surface area contributed by atoms with E-state index in [1.807, 2.05) is 42.5 Å². The summed E-state index contributed by atoms with van der Waals surface area (Å²) >= 11 is 0. The Morgan fingerprint density at radius 1 is 0.931 bits per heavy atom. The molecule has 0 aliphatic carbocycles. The van der Waals surface area contributed by atoms with Gasteiger partial charge in [0, 0.05) is 11.6 Å². The van der Waals surface area contributed by atoms with Crippen molar-refractivity contribution in [3.05, 3.63) is 108 Å². The van der Waals surface area contributed by atoms with Gasteiger partial charge in [-0.1, -0.05) is 36.4 Å². The third kappa shape index (κ3) is 3.94. The van der Waals surface area contributed by atoms with Crippen molar-refractivity contribution in [1.29, 1.82) is 0 Å². The number of benzene rings is 3. The Hall–Kier alpha value is -3.73. The van der Waals surface area contributed by atoms with Crippen LogP contribution in [0.2, 0.25) is 0 Å². The van der Waals surface area contributed by atoms with Crippen molar-refractivity contribution in [2.75, 3.05) is 7.11 Å². The van der Waals surface area contributed by atoms with E-state index in [9.17, 15) is 9.18 Å². The second kappa shape index (κ2) is 8.10. The summed E-state index contributed by atoms with van der Waals surface area (Å²) in [7, 11) is 1.59. The number of pyridine rings is 1. The molecule has 0 fully saturated rings. The number of carbonyl (C=O) groups excluding carboxylic acids is 1. The van der Waals surface area contributed by atoms with Gasteiger partial charge in [-0.15, -0.1) is 0 Å². The summed E-state index contributed by atoms with van der Waals surface area (Å²) < 4.78 is 24.3. The van der Waals surface area contributed by atoms with Gasteiger partial charge in [0.1, 0.15) is 11.6 Å². The lowest BCUT2D eigenvalue weighted by Crippen LogP contribution is -2.14. The number of hydrogen-bond acceptors (Lipinski definition) is 4. The minimum Gasteiger partial charge on any atom is -0.497 e. The maximum Gasteiger partial charge on any atom is 0.339 e. The van der Waals surface area contributed by atoms with Gasteiger partial charge in [0.25, 0.3) is 0 Å². The van der Waals surface area contributed by atoms with Gasteiger partial charge in [0.05, 0.1) is 18.4 Å². The fraction of sp³-hybridized carbons (Fsp3) is 0.0833. The quantitative estimate of drug-likeness (QED) is 0.434. The number of carbonyl (C=O) groups is 1. The van der Waals surface area contributed by atoms with E-state index in [2.05, 4.69) is 4.98 Å². The number of rotatable bonds is 5. The molecule has 0 spiro atoms. The lowest BCUT2D eigenvalue weighted by Gasteiger charge is -2.20. The first-order chi connectivity index (χ1) is 14.2. The van der Waals surface area contributed by atoms with Crippen molar-refractivity contribution in [3.8, 4) is 5.75 Å². The van der Waals surface area contributed by atoms with Gasteiger partial charge >= 0.3 is 5.97 Å². The number of ether oxygens (including phenoxy) is 2. The van der Waals surface area contributed by atoms with Crippen LogP contribution in [0.3, 0.4) is 0 Å². The summed E-state index contributed by atoms with van der Waals surface area (Å²) in [6.07, 6.45) is 0.962. The molecule has 0 aliphatic heterocycles. The second-order valence-electron chi connectivity index (χ2n) is 6.48. The Kier molecular flexibility index (Phi) is 5.20. The van der Waals surface area contributed by atoms with Gasteiger partial charge in [0.15, 0.2) is 6.10 Å². The topological polar surface area (TPSA) is 48.4 Å². The first-order valence-electron chi connectivity index (χ1n) is 9.10. The number of esters is 1. The zero-order valence-electron chi connectivity index (χ0n) is 15.7. The largest absolute Gasteiger partial charge is 0.497 e. The molecule has 0 N–H and O–H groups in total. The standard InChI is InChI=1S/C24H18FNO3/c1-28-20-12-8-17(9-13-20)23(29-24(27)18-6-10-19(25)11-7-18)22-21-5-3-2-4-16(21)14-15-26-22/h2-15,23H,1H3. The molecular formula is C24H18FNO3. The number of aromatic nitrogens is 1. The van der Waals surface area contributed by atoms with Crippen LogP contribution >= 0.6 is 0 Å². The van der Waals surface area contributed by atoms with Crippen molar-refractivity contribution in [1.82, 2.24) is 4.98 Å². The van der Waals surface area contributed by atoms with Crippen molar-refractivity contribution in [2.24, 2.45) is 0 Å². The summed E-state index contributed by atoms with van der Waals surface area (Å²) in [4.78, 5) is 17.3. The molecule has 5 heteroatoms. The summed E-state index contributed by atoms with van der Waals surface area (Å²) in [5.41, 5.74) is 1.65. The number of halogens is 1. The zero-order valence-corrected chi connectivity index (χ0v) is 15.7. The van der Waals surface area contributed by atoms with E-state index < -0.39 is 17.9 Å². The third-order valence-corrected chi connectivity index (χ3v) is 4.68. The molecule has 4 aromatic rings. The van der Waals surface area contributed by atoms with E-state index in [0.717, 1.165) is 16.3 Å². The molecule has 0 aliphatic rings. The third-order valence-electron chi connectivity index (χ3n) is 4.68. The summed E-state index contributed by atoms with van der Waals surface area (Å²) in [5, 5.41) is 1.89. The van der Waals surface area contributed by atoms with Gasteiger partial charge < -0.3 is 9.47 Å². The van der Waals surface area contributed by atoms with Gasteiger partial charge in [-0.05, 0) is 53.4 Å². The van der Waals surface area contributed by atoms with Gasteiger partial charge in [-0.3, -0.25) is 4.98 Å². The van der Waals surface area contributed by atoms with Crippen LogP contribution in [0.25, 0.3) is 10.8 Å². The molecule has 29 heavy (non-hydrogen) atoms. The van der Waals surface area contributed by atoms with Gasteiger partial charge in [-0.2, -0.15) is 0 Å². The molecule has 0 bridgehead atoms. The molecular weight excluding hydrogens is 369 g/mol. The zero-order chi connectivity index (χ0) is 20.2. The SMILES string of the molecule is COc1ccc(C(OC(=O)c2ccc(F)cc2)c2nccc3ccccc23)cc1. The normalized spacial score (nSPS) is 11.8. The smallest absolute Gasteiger partial charge is 0.339 e. The Labute approximate surface area is 167 Å². The molecule has 144 valence electrons. The maximum atomic E-state index is 13.2. The highest BCUT2D eigenvalue weighted by atomic mass is 19.1. The Morgan fingerprint density at radius 2 is 1.66 bits per heavy atom. The van der Waals surface area contributed by atoms with Crippen molar-refractivity contribution >= 4 is 16.7 Å². The molecule has 1 atom stereocenters. The van der Waals surface area contributed by atoms with E-state index in [1.165, 1.54) is 24.3 Å². The number of hydrogen-bond donors (Lipinski definition) is 0.